The molecular weight excluding hydrogens is 360 g/mol. The van der Waals surface area contributed by atoms with Crippen LogP contribution in [-0.2, 0) is 9.53 Å². The first-order chi connectivity index (χ1) is 12.9. The zero-order chi connectivity index (χ0) is 19.8. The number of allylic oxidation sites excluding steroid dienone is 2. The summed E-state index contributed by atoms with van der Waals surface area (Å²) in [5.74, 6) is -0.641. The maximum absolute atomic E-state index is 11.8. The van der Waals surface area contributed by atoms with Gasteiger partial charge in [-0.15, -0.1) is 0 Å². The number of nitrogens with zero attached hydrogens (tertiary/aromatic N) is 1. The molecule has 2 aromatic rings. The van der Waals surface area contributed by atoms with Gasteiger partial charge in [0.25, 0.3) is 0 Å². The zero-order valence-corrected chi connectivity index (χ0v) is 16.3. The summed E-state index contributed by atoms with van der Waals surface area (Å²) < 4.78 is 4.90. The van der Waals surface area contributed by atoms with Crippen LogP contribution in [0.1, 0.15) is 23.6 Å². The van der Waals surface area contributed by atoms with E-state index < -0.39 is 5.97 Å². The average Bonchev–Trinajstić information content (AvgIpc) is 2.61. The smallest absolute Gasteiger partial charge is 0.348 e. The number of hydrogen-bond acceptors (Lipinski definition) is 4. The number of nitriles is 1. The van der Waals surface area contributed by atoms with Crippen molar-refractivity contribution in [2.75, 3.05) is 11.9 Å². The fraction of sp³-hybridized carbons (Fsp3) is 0.182. The van der Waals surface area contributed by atoms with Crippen molar-refractivity contribution < 1.29 is 9.53 Å². The summed E-state index contributed by atoms with van der Waals surface area (Å²) in [5.41, 5.74) is 4.72. The molecule has 0 amide bonds. The summed E-state index contributed by atoms with van der Waals surface area (Å²) in [7, 11) is 0. The third kappa shape index (κ3) is 6.02. The van der Waals surface area contributed by atoms with Gasteiger partial charge in [0, 0.05) is 16.4 Å². The van der Waals surface area contributed by atoms with Gasteiger partial charge in [-0.05, 0) is 73.9 Å². The average molecular weight is 381 g/mol. The first-order valence-electron chi connectivity index (χ1n) is 8.53. The van der Waals surface area contributed by atoms with Crippen molar-refractivity contribution >= 4 is 29.0 Å². The SMILES string of the molecule is CCOC(=O)/C(C#N)=C/C=C(\Nc1cc(C)cc(C)c1)c1ccc(Cl)cc1. The summed E-state index contributed by atoms with van der Waals surface area (Å²) in [4.78, 5) is 11.8. The quantitative estimate of drug-likeness (QED) is 0.314. The highest BCUT2D eigenvalue weighted by molar-refractivity contribution is 6.30. The molecule has 0 aliphatic rings. The van der Waals surface area contributed by atoms with Gasteiger partial charge in [-0.3, -0.25) is 0 Å². The van der Waals surface area contributed by atoms with Crippen LogP contribution >= 0.6 is 11.6 Å². The number of hydrogen-bond donors (Lipinski definition) is 1. The first kappa shape index (κ1) is 20.3. The van der Waals surface area contributed by atoms with Crippen molar-refractivity contribution in [3.63, 3.8) is 0 Å². The summed E-state index contributed by atoms with van der Waals surface area (Å²) >= 11 is 5.99. The van der Waals surface area contributed by atoms with Crippen LogP contribution in [0.2, 0.25) is 5.02 Å². The molecular formula is C22H21ClN2O2. The minimum absolute atomic E-state index is 0.0643. The van der Waals surface area contributed by atoms with Gasteiger partial charge in [0.1, 0.15) is 11.6 Å². The number of anilines is 1. The van der Waals surface area contributed by atoms with Gasteiger partial charge in [0.2, 0.25) is 0 Å². The normalized spacial score (nSPS) is 11.7. The third-order valence-electron chi connectivity index (χ3n) is 3.69. The third-order valence-corrected chi connectivity index (χ3v) is 3.94. The molecule has 0 aliphatic heterocycles. The summed E-state index contributed by atoms with van der Waals surface area (Å²) in [6.45, 7) is 5.96. The lowest BCUT2D eigenvalue weighted by molar-refractivity contribution is -0.138. The molecule has 0 bridgehead atoms. The van der Waals surface area contributed by atoms with Gasteiger partial charge in [0.15, 0.2) is 0 Å². The summed E-state index contributed by atoms with van der Waals surface area (Å²) in [5, 5.41) is 13.2. The van der Waals surface area contributed by atoms with Crippen LogP contribution in [0.5, 0.6) is 0 Å². The van der Waals surface area contributed by atoms with Gasteiger partial charge in [-0.25, -0.2) is 4.79 Å². The van der Waals surface area contributed by atoms with E-state index >= 15 is 0 Å². The number of halogens is 1. The topological polar surface area (TPSA) is 62.1 Å². The molecule has 5 heteroatoms. The Labute approximate surface area is 164 Å². The number of rotatable bonds is 6. The fourth-order valence-electron chi connectivity index (χ4n) is 2.57. The van der Waals surface area contributed by atoms with Gasteiger partial charge in [-0.2, -0.15) is 5.26 Å². The second-order valence-corrected chi connectivity index (χ2v) is 6.44. The number of esters is 1. The molecule has 27 heavy (non-hydrogen) atoms. The molecule has 0 saturated carbocycles. The molecule has 138 valence electrons. The highest BCUT2D eigenvalue weighted by Gasteiger charge is 2.09. The second kappa shape index (κ2) is 9.61. The Morgan fingerprint density at radius 2 is 1.78 bits per heavy atom. The highest BCUT2D eigenvalue weighted by Crippen LogP contribution is 2.23. The Kier molecular flexibility index (Phi) is 7.22. The van der Waals surface area contributed by atoms with E-state index in [0.29, 0.717) is 5.02 Å². The lowest BCUT2D eigenvalue weighted by Crippen LogP contribution is -2.06. The lowest BCUT2D eigenvalue weighted by Gasteiger charge is -2.13. The largest absolute Gasteiger partial charge is 0.462 e. The fourth-order valence-corrected chi connectivity index (χ4v) is 2.69. The van der Waals surface area contributed by atoms with E-state index in [1.165, 1.54) is 6.08 Å². The van der Waals surface area contributed by atoms with Crippen LogP contribution in [0.25, 0.3) is 5.70 Å². The van der Waals surface area contributed by atoms with Crippen LogP contribution < -0.4 is 5.32 Å². The predicted molar refractivity (Wildman–Crippen MR) is 109 cm³/mol. The number of carbonyl (C=O) groups excluding carboxylic acids is 1. The molecule has 0 aromatic heterocycles. The van der Waals surface area contributed by atoms with E-state index in [1.807, 2.05) is 44.2 Å². The van der Waals surface area contributed by atoms with Crippen LogP contribution in [0.3, 0.4) is 0 Å². The molecule has 0 spiro atoms. The molecule has 1 N–H and O–H groups in total. The minimum atomic E-state index is -0.641. The first-order valence-corrected chi connectivity index (χ1v) is 8.91. The van der Waals surface area contributed by atoms with Crippen LogP contribution in [0.4, 0.5) is 5.69 Å². The Balaban J connectivity index is 2.44. The molecule has 0 heterocycles. The monoisotopic (exact) mass is 380 g/mol. The number of aryl methyl sites for hydroxylation is 2. The maximum Gasteiger partial charge on any atom is 0.348 e. The van der Waals surface area contributed by atoms with E-state index in [9.17, 15) is 10.1 Å². The number of benzene rings is 2. The molecule has 0 aliphatic carbocycles. The lowest BCUT2D eigenvalue weighted by atomic mass is 10.1. The van der Waals surface area contributed by atoms with Gasteiger partial charge in [-0.1, -0.05) is 29.8 Å². The number of nitrogens with one attached hydrogen (secondary N) is 1. The van der Waals surface area contributed by atoms with Crippen molar-refractivity contribution in [2.45, 2.75) is 20.8 Å². The minimum Gasteiger partial charge on any atom is -0.462 e. The van der Waals surface area contributed by atoms with E-state index in [-0.39, 0.29) is 12.2 Å². The summed E-state index contributed by atoms with van der Waals surface area (Å²) in [6.07, 6.45) is 3.15. The molecule has 0 radical (unpaired) electrons. The van der Waals surface area contributed by atoms with Crippen molar-refractivity contribution in [3.05, 3.63) is 81.9 Å². The molecule has 0 unspecified atom stereocenters. The van der Waals surface area contributed by atoms with E-state index in [0.717, 1.165) is 28.1 Å². The molecule has 4 nitrogen and oxygen atoms in total. The van der Waals surface area contributed by atoms with Gasteiger partial charge in [0.05, 0.1) is 6.61 Å². The molecule has 0 atom stereocenters. The van der Waals surface area contributed by atoms with Crippen molar-refractivity contribution in [2.24, 2.45) is 0 Å². The Morgan fingerprint density at radius 1 is 1.15 bits per heavy atom. The van der Waals surface area contributed by atoms with Crippen LogP contribution in [0.15, 0.2) is 60.2 Å². The number of ether oxygens (including phenoxy) is 1. The standard InChI is InChI=1S/C22H21ClN2O2/c1-4-27-22(26)18(14-24)7-10-21(17-5-8-19(23)9-6-17)25-20-12-15(2)11-16(3)13-20/h5-13,25H,4H2,1-3H3/b18-7+,21-10-. The van der Waals surface area contributed by atoms with E-state index in [1.54, 1.807) is 25.1 Å². The zero-order valence-electron chi connectivity index (χ0n) is 15.5. The van der Waals surface area contributed by atoms with Crippen molar-refractivity contribution in [1.82, 2.24) is 0 Å². The second-order valence-electron chi connectivity index (χ2n) is 6.00. The summed E-state index contributed by atoms with van der Waals surface area (Å²) in [6, 6.07) is 15.3. The highest BCUT2D eigenvalue weighted by atomic mass is 35.5. The molecule has 2 aromatic carbocycles. The van der Waals surface area contributed by atoms with Crippen LogP contribution in [0, 0.1) is 25.2 Å². The van der Waals surface area contributed by atoms with Crippen molar-refractivity contribution in [1.29, 1.82) is 5.26 Å². The Bertz CT molecular complexity index is 902. The molecule has 2 rings (SSSR count). The van der Waals surface area contributed by atoms with Crippen LogP contribution in [-0.4, -0.2) is 12.6 Å². The van der Waals surface area contributed by atoms with Gasteiger partial charge >= 0.3 is 5.97 Å². The molecule has 0 fully saturated rings. The Morgan fingerprint density at radius 3 is 2.33 bits per heavy atom. The van der Waals surface area contributed by atoms with E-state index in [2.05, 4.69) is 11.4 Å². The predicted octanol–water partition coefficient (Wildman–Crippen LogP) is 5.42. The van der Waals surface area contributed by atoms with Gasteiger partial charge < -0.3 is 10.1 Å². The van der Waals surface area contributed by atoms with E-state index in [4.69, 9.17) is 16.3 Å². The number of carbonyl (C=O) groups is 1. The Hall–Kier alpha value is -3.03. The van der Waals surface area contributed by atoms with Crippen molar-refractivity contribution in [3.8, 4) is 6.07 Å². The molecule has 0 saturated heterocycles. The maximum atomic E-state index is 11.8.